The molecule has 0 bridgehead atoms. The fourth-order valence-corrected chi connectivity index (χ4v) is 1.66. The summed E-state index contributed by atoms with van der Waals surface area (Å²) in [5.74, 6) is 0. The highest BCUT2D eigenvalue weighted by molar-refractivity contribution is 7.80. The van der Waals surface area contributed by atoms with Gasteiger partial charge in [-0.05, 0) is 64.2 Å². The minimum absolute atomic E-state index is 0.709. The largest absolute Gasteiger partial charge is 0.366 e. The number of hydrogen-bond acceptors (Lipinski definition) is 4. The summed E-state index contributed by atoms with van der Waals surface area (Å²) >= 11 is 5.01. The minimum Gasteiger partial charge on any atom is -0.366 e. The Balaban J connectivity index is 3.62. The first-order chi connectivity index (χ1) is 8.24. The van der Waals surface area contributed by atoms with Crippen LogP contribution in [-0.4, -0.2) is 56.3 Å². The van der Waals surface area contributed by atoms with Gasteiger partial charge in [0.05, 0.1) is 0 Å². The molecule has 0 atom stereocenters. The Morgan fingerprint density at radius 3 is 2.06 bits per heavy atom. The summed E-state index contributed by atoms with van der Waals surface area (Å²) in [6, 6.07) is 0. The quantitative estimate of drug-likeness (QED) is 0.313. The normalized spacial score (nSPS) is 10.6. The maximum absolute atomic E-state index is 5.53. The van der Waals surface area contributed by atoms with Crippen LogP contribution in [0.4, 0.5) is 0 Å². The van der Waals surface area contributed by atoms with E-state index in [9.17, 15) is 0 Å². The van der Waals surface area contributed by atoms with E-state index in [1.165, 1.54) is 0 Å². The average molecular weight is 261 g/mol. The lowest BCUT2D eigenvalue weighted by Gasteiger charge is -2.21. The van der Waals surface area contributed by atoms with E-state index in [2.05, 4.69) is 15.5 Å². The van der Waals surface area contributed by atoms with Crippen molar-refractivity contribution in [2.45, 2.75) is 19.3 Å². The molecule has 0 aromatic carbocycles. The number of rotatable bonds is 10. The standard InChI is InChI=1S/C11H27N5S/c1-14-11(17)15-7-4-10-16(8-2-5-12)9-3-6-13/h2-10,12-13H2,1H3,(H2,14,15,17). The third-order valence-electron chi connectivity index (χ3n) is 2.52. The van der Waals surface area contributed by atoms with Crippen LogP contribution in [-0.2, 0) is 0 Å². The highest BCUT2D eigenvalue weighted by atomic mass is 32.1. The lowest BCUT2D eigenvalue weighted by atomic mass is 10.3. The van der Waals surface area contributed by atoms with E-state index in [1.54, 1.807) is 0 Å². The Hall–Kier alpha value is -0.430. The first-order valence-corrected chi connectivity index (χ1v) is 6.73. The molecule has 17 heavy (non-hydrogen) atoms. The van der Waals surface area contributed by atoms with E-state index < -0.39 is 0 Å². The first-order valence-electron chi connectivity index (χ1n) is 6.32. The number of nitrogens with one attached hydrogen (secondary N) is 2. The van der Waals surface area contributed by atoms with Gasteiger partial charge in [-0.3, -0.25) is 0 Å². The van der Waals surface area contributed by atoms with Crippen LogP contribution in [0.3, 0.4) is 0 Å². The summed E-state index contributed by atoms with van der Waals surface area (Å²) in [4.78, 5) is 2.42. The fourth-order valence-electron chi connectivity index (χ4n) is 1.56. The van der Waals surface area contributed by atoms with Crippen molar-refractivity contribution in [1.29, 1.82) is 0 Å². The second kappa shape index (κ2) is 12.0. The maximum Gasteiger partial charge on any atom is 0.166 e. The zero-order valence-corrected chi connectivity index (χ0v) is 11.7. The molecule has 5 nitrogen and oxygen atoms in total. The average Bonchev–Trinajstić information content (AvgIpc) is 2.36. The fraction of sp³-hybridized carbons (Fsp3) is 0.909. The van der Waals surface area contributed by atoms with Crippen molar-refractivity contribution in [2.24, 2.45) is 11.5 Å². The molecule has 0 radical (unpaired) electrons. The van der Waals surface area contributed by atoms with Crippen molar-refractivity contribution in [1.82, 2.24) is 15.5 Å². The topological polar surface area (TPSA) is 79.3 Å². The Bertz CT molecular complexity index is 181. The monoisotopic (exact) mass is 261 g/mol. The van der Waals surface area contributed by atoms with Crippen LogP contribution in [0.2, 0.25) is 0 Å². The van der Waals surface area contributed by atoms with Gasteiger partial charge in [0.1, 0.15) is 0 Å². The molecule has 0 unspecified atom stereocenters. The molecule has 0 aliphatic heterocycles. The molecule has 0 heterocycles. The van der Waals surface area contributed by atoms with Gasteiger partial charge < -0.3 is 27.0 Å². The van der Waals surface area contributed by atoms with Gasteiger partial charge >= 0.3 is 0 Å². The molecule has 6 N–H and O–H groups in total. The predicted octanol–water partition coefficient (Wildman–Crippen LogP) is -0.530. The predicted molar refractivity (Wildman–Crippen MR) is 78.1 cm³/mol. The van der Waals surface area contributed by atoms with E-state index in [4.69, 9.17) is 23.7 Å². The van der Waals surface area contributed by atoms with Crippen molar-refractivity contribution in [3.8, 4) is 0 Å². The van der Waals surface area contributed by atoms with E-state index in [0.717, 1.165) is 58.5 Å². The molecule has 0 saturated heterocycles. The molecule has 0 aliphatic rings. The van der Waals surface area contributed by atoms with Crippen LogP contribution in [0.15, 0.2) is 0 Å². The lowest BCUT2D eigenvalue weighted by molar-refractivity contribution is 0.267. The van der Waals surface area contributed by atoms with Gasteiger partial charge in [0.2, 0.25) is 0 Å². The molecule has 0 rings (SSSR count). The Labute approximate surface area is 110 Å². The number of nitrogens with two attached hydrogens (primary N) is 2. The Morgan fingerprint density at radius 2 is 1.59 bits per heavy atom. The van der Waals surface area contributed by atoms with Crippen LogP contribution in [0, 0.1) is 0 Å². The second-order valence-electron chi connectivity index (χ2n) is 3.99. The third kappa shape index (κ3) is 10.4. The van der Waals surface area contributed by atoms with Crippen LogP contribution >= 0.6 is 12.2 Å². The van der Waals surface area contributed by atoms with Crippen molar-refractivity contribution in [2.75, 3.05) is 46.3 Å². The van der Waals surface area contributed by atoms with Crippen molar-refractivity contribution < 1.29 is 0 Å². The zero-order chi connectivity index (χ0) is 12.9. The van der Waals surface area contributed by atoms with Crippen molar-refractivity contribution >= 4 is 17.3 Å². The molecular weight excluding hydrogens is 234 g/mol. The van der Waals surface area contributed by atoms with Crippen LogP contribution < -0.4 is 22.1 Å². The van der Waals surface area contributed by atoms with Crippen molar-refractivity contribution in [3.63, 3.8) is 0 Å². The Kier molecular flexibility index (Phi) is 11.7. The van der Waals surface area contributed by atoms with E-state index >= 15 is 0 Å². The molecule has 0 amide bonds. The summed E-state index contributed by atoms with van der Waals surface area (Å²) in [6.45, 7) is 5.60. The summed E-state index contributed by atoms with van der Waals surface area (Å²) in [5.41, 5.74) is 11.1. The lowest BCUT2D eigenvalue weighted by Crippen LogP contribution is -2.35. The van der Waals surface area contributed by atoms with Crippen LogP contribution in [0.1, 0.15) is 19.3 Å². The van der Waals surface area contributed by atoms with Gasteiger partial charge in [-0.1, -0.05) is 0 Å². The van der Waals surface area contributed by atoms with Gasteiger partial charge in [0.15, 0.2) is 5.11 Å². The number of hydrogen-bond donors (Lipinski definition) is 4. The zero-order valence-electron chi connectivity index (χ0n) is 10.9. The molecule has 6 heteroatoms. The third-order valence-corrected chi connectivity index (χ3v) is 2.87. The van der Waals surface area contributed by atoms with E-state index in [0.29, 0.717) is 5.11 Å². The van der Waals surface area contributed by atoms with Gasteiger partial charge in [0, 0.05) is 13.6 Å². The Morgan fingerprint density at radius 1 is 1.06 bits per heavy atom. The molecule has 0 aliphatic carbocycles. The molecule has 0 aromatic rings. The molecule has 0 spiro atoms. The molecule has 102 valence electrons. The summed E-state index contributed by atoms with van der Waals surface area (Å²) in [5, 5.41) is 6.75. The molecule has 0 fully saturated rings. The molecular formula is C11H27N5S. The number of nitrogens with zero attached hydrogens (tertiary/aromatic N) is 1. The molecule has 0 aromatic heterocycles. The van der Waals surface area contributed by atoms with Crippen LogP contribution in [0.25, 0.3) is 0 Å². The minimum atomic E-state index is 0.709. The maximum atomic E-state index is 5.53. The SMILES string of the molecule is CNC(=S)NCCCN(CCCN)CCCN. The van der Waals surface area contributed by atoms with Gasteiger partial charge in [-0.25, -0.2) is 0 Å². The highest BCUT2D eigenvalue weighted by Crippen LogP contribution is 1.95. The molecule has 0 saturated carbocycles. The van der Waals surface area contributed by atoms with Gasteiger partial charge in [-0.15, -0.1) is 0 Å². The van der Waals surface area contributed by atoms with Gasteiger partial charge in [-0.2, -0.15) is 0 Å². The first kappa shape index (κ1) is 16.6. The number of thiocarbonyl (C=S) groups is 1. The highest BCUT2D eigenvalue weighted by Gasteiger charge is 2.03. The van der Waals surface area contributed by atoms with Crippen LogP contribution in [0.5, 0.6) is 0 Å². The summed E-state index contributed by atoms with van der Waals surface area (Å²) in [7, 11) is 1.82. The van der Waals surface area contributed by atoms with Gasteiger partial charge in [0.25, 0.3) is 0 Å². The summed E-state index contributed by atoms with van der Waals surface area (Å²) < 4.78 is 0. The summed E-state index contributed by atoms with van der Waals surface area (Å²) in [6.07, 6.45) is 3.18. The second-order valence-corrected chi connectivity index (χ2v) is 4.39. The van der Waals surface area contributed by atoms with Crippen molar-refractivity contribution in [3.05, 3.63) is 0 Å². The van der Waals surface area contributed by atoms with E-state index in [1.807, 2.05) is 7.05 Å². The smallest absolute Gasteiger partial charge is 0.166 e. The van der Waals surface area contributed by atoms with E-state index in [-0.39, 0.29) is 0 Å².